The van der Waals surface area contributed by atoms with Gasteiger partial charge in [0.1, 0.15) is 5.57 Å². The molecule has 1 heterocycles. The third-order valence-electron chi connectivity index (χ3n) is 6.33. The number of imide groups is 2. The van der Waals surface area contributed by atoms with Gasteiger partial charge in [-0.2, -0.15) is 0 Å². The quantitative estimate of drug-likeness (QED) is 0.283. The molecule has 1 fully saturated rings. The molecule has 5 amide bonds. The summed E-state index contributed by atoms with van der Waals surface area (Å²) in [5.74, 6) is -1.34. The third-order valence-corrected chi connectivity index (χ3v) is 6.74. The van der Waals surface area contributed by atoms with E-state index < -0.39 is 17.8 Å². The number of aryl methyl sites for hydroxylation is 2. The zero-order valence-electron chi connectivity index (χ0n) is 22.5. The monoisotopic (exact) mass is 561 g/mol. The minimum absolute atomic E-state index is 0.231. The Labute approximate surface area is 236 Å². The van der Waals surface area contributed by atoms with E-state index in [1.807, 2.05) is 32.0 Å². The molecule has 0 spiro atoms. The largest absolute Gasteiger partial charge is 0.490 e. The molecule has 3 aromatic carbocycles. The summed E-state index contributed by atoms with van der Waals surface area (Å²) in [6.07, 6.45) is 1.35. The first-order valence-electron chi connectivity index (χ1n) is 12.5. The summed E-state index contributed by atoms with van der Waals surface area (Å²) < 4.78 is 11.4. The van der Waals surface area contributed by atoms with Gasteiger partial charge in [-0.1, -0.05) is 35.9 Å². The SMILES string of the molecule is CCOc1cc(/C=C2\C(=O)NC(=O)N(c3ccc(C)c(Cl)c3)C2=O)ccc1OCC(=O)Nc1cccc(C)c1C. The standard InChI is InChI=1S/C30H28ClN3O6/c1-5-39-26-14-20(10-12-25(26)40-16-27(35)32-24-8-6-7-17(2)19(24)4)13-22-28(36)33-30(38)34(29(22)37)21-11-9-18(3)23(31)15-21/h6-15H,5,16H2,1-4H3,(H,32,35)(H,33,36,38)/b22-13+. The topological polar surface area (TPSA) is 114 Å². The summed E-state index contributed by atoms with van der Waals surface area (Å²) in [5, 5.41) is 5.40. The van der Waals surface area contributed by atoms with Gasteiger partial charge in [0.05, 0.1) is 12.3 Å². The molecule has 0 unspecified atom stereocenters. The molecule has 0 bridgehead atoms. The lowest BCUT2D eigenvalue weighted by Crippen LogP contribution is -2.54. The molecule has 0 aromatic heterocycles. The van der Waals surface area contributed by atoms with Gasteiger partial charge in [0.15, 0.2) is 18.1 Å². The first-order valence-corrected chi connectivity index (χ1v) is 12.9. The highest BCUT2D eigenvalue weighted by Gasteiger charge is 2.37. The van der Waals surface area contributed by atoms with Crippen molar-refractivity contribution >= 4 is 52.8 Å². The van der Waals surface area contributed by atoms with Crippen LogP contribution in [0.5, 0.6) is 11.5 Å². The molecule has 1 aliphatic heterocycles. The van der Waals surface area contributed by atoms with Gasteiger partial charge in [0, 0.05) is 10.7 Å². The maximum absolute atomic E-state index is 13.2. The fourth-order valence-corrected chi connectivity index (χ4v) is 4.17. The number of ether oxygens (including phenoxy) is 2. The highest BCUT2D eigenvalue weighted by Crippen LogP contribution is 2.31. The number of rotatable bonds is 8. The Kier molecular flexibility index (Phi) is 8.55. The molecular formula is C30H28ClN3O6. The summed E-state index contributed by atoms with van der Waals surface area (Å²) in [4.78, 5) is 51.7. The molecule has 3 aromatic rings. The molecule has 40 heavy (non-hydrogen) atoms. The molecule has 1 aliphatic rings. The van der Waals surface area contributed by atoms with Crippen LogP contribution in [0.3, 0.4) is 0 Å². The Morgan fingerprint density at radius 3 is 2.48 bits per heavy atom. The Bertz CT molecular complexity index is 1550. The fraction of sp³-hybridized carbons (Fsp3) is 0.200. The second-order valence-electron chi connectivity index (χ2n) is 9.11. The van der Waals surface area contributed by atoms with Gasteiger partial charge in [-0.3, -0.25) is 19.7 Å². The number of amides is 5. The van der Waals surface area contributed by atoms with Crippen LogP contribution in [0.4, 0.5) is 16.2 Å². The van der Waals surface area contributed by atoms with Crippen LogP contribution in [0.25, 0.3) is 6.08 Å². The van der Waals surface area contributed by atoms with Crippen LogP contribution >= 0.6 is 11.6 Å². The number of halogens is 1. The molecule has 0 atom stereocenters. The Morgan fingerprint density at radius 1 is 0.975 bits per heavy atom. The first-order chi connectivity index (χ1) is 19.1. The number of carbonyl (C=O) groups excluding carboxylic acids is 4. The molecule has 0 radical (unpaired) electrons. The van der Waals surface area contributed by atoms with E-state index in [1.54, 1.807) is 44.2 Å². The van der Waals surface area contributed by atoms with E-state index in [0.29, 0.717) is 34.4 Å². The summed E-state index contributed by atoms with van der Waals surface area (Å²) >= 11 is 6.18. The second kappa shape index (κ2) is 12.0. The number of barbiturate groups is 1. The van der Waals surface area contributed by atoms with Crippen molar-refractivity contribution in [3.63, 3.8) is 0 Å². The van der Waals surface area contributed by atoms with Crippen LogP contribution in [0.15, 0.2) is 60.2 Å². The van der Waals surface area contributed by atoms with E-state index in [2.05, 4.69) is 10.6 Å². The Morgan fingerprint density at radius 2 is 1.75 bits per heavy atom. The van der Waals surface area contributed by atoms with Gasteiger partial charge in [-0.25, -0.2) is 9.69 Å². The predicted octanol–water partition coefficient (Wildman–Crippen LogP) is 5.35. The number of nitrogens with one attached hydrogen (secondary N) is 2. The number of hydrogen-bond donors (Lipinski definition) is 2. The summed E-state index contributed by atoms with van der Waals surface area (Å²) in [6.45, 7) is 7.52. The smallest absolute Gasteiger partial charge is 0.335 e. The molecule has 0 aliphatic carbocycles. The maximum Gasteiger partial charge on any atom is 0.335 e. The first kappa shape index (κ1) is 28.4. The van der Waals surface area contributed by atoms with Crippen LogP contribution in [0, 0.1) is 20.8 Å². The molecule has 4 rings (SSSR count). The molecular weight excluding hydrogens is 534 g/mol. The van der Waals surface area contributed by atoms with E-state index in [4.69, 9.17) is 21.1 Å². The highest BCUT2D eigenvalue weighted by molar-refractivity contribution is 6.39. The number of benzene rings is 3. The van der Waals surface area contributed by atoms with Gasteiger partial charge < -0.3 is 14.8 Å². The van der Waals surface area contributed by atoms with Gasteiger partial charge >= 0.3 is 6.03 Å². The van der Waals surface area contributed by atoms with Crippen molar-refractivity contribution in [3.8, 4) is 11.5 Å². The van der Waals surface area contributed by atoms with Gasteiger partial charge in [-0.15, -0.1) is 0 Å². The molecule has 1 saturated heterocycles. The second-order valence-corrected chi connectivity index (χ2v) is 9.52. The predicted molar refractivity (Wildman–Crippen MR) is 153 cm³/mol. The minimum atomic E-state index is -0.870. The van der Waals surface area contributed by atoms with Crippen LogP contribution in [0.1, 0.15) is 29.2 Å². The van der Waals surface area contributed by atoms with Crippen molar-refractivity contribution in [2.24, 2.45) is 0 Å². The molecule has 0 saturated carbocycles. The number of nitrogens with zero attached hydrogens (tertiary/aromatic N) is 1. The highest BCUT2D eigenvalue weighted by atomic mass is 35.5. The number of carbonyl (C=O) groups is 4. The van der Waals surface area contributed by atoms with Crippen LogP contribution < -0.4 is 25.0 Å². The van der Waals surface area contributed by atoms with E-state index in [0.717, 1.165) is 21.6 Å². The minimum Gasteiger partial charge on any atom is -0.490 e. The summed E-state index contributed by atoms with van der Waals surface area (Å²) in [7, 11) is 0. The van der Waals surface area contributed by atoms with Crippen molar-refractivity contribution in [3.05, 3.63) is 87.4 Å². The van der Waals surface area contributed by atoms with E-state index in [1.165, 1.54) is 12.1 Å². The summed E-state index contributed by atoms with van der Waals surface area (Å²) in [5.41, 5.74) is 3.94. The molecule has 206 valence electrons. The van der Waals surface area contributed by atoms with Crippen molar-refractivity contribution in [1.82, 2.24) is 5.32 Å². The van der Waals surface area contributed by atoms with Gasteiger partial charge in [0.2, 0.25) is 0 Å². The molecule has 2 N–H and O–H groups in total. The lowest BCUT2D eigenvalue weighted by atomic mass is 10.1. The van der Waals surface area contributed by atoms with Gasteiger partial charge in [0.25, 0.3) is 17.7 Å². The Hall–Kier alpha value is -4.63. The van der Waals surface area contributed by atoms with Crippen LogP contribution in [-0.2, 0) is 14.4 Å². The van der Waals surface area contributed by atoms with E-state index in [-0.39, 0.29) is 23.8 Å². The van der Waals surface area contributed by atoms with Crippen molar-refractivity contribution in [1.29, 1.82) is 0 Å². The lowest BCUT2D eigenvalue weighted by molar-refractivity contribution is -0.122. The zero-order chi connectivity index (χ0) is 29.0. The van der Waals surface area contributed by atoms with Crippen LogP contribution in [0.2, 0.25) is 5.02 Å². The molecule has 9 nitrogen and oxygen atoms in total. The summed E-state index contributed by atoms with van der Waals surface area (Å²) in [6, 6.07) is 14.3. The van der Waals surface area contributed by atoms with Crippen molar-refractivity contribution < 1.29 is 28.7 Å². The number of hydrogen-bond acceptors (Lipinski definition) is 6. The zero-order valence-corrected chi connectivity index (χ0v) is 23.2. The van der Waals surface area contributed by atoms with Crippen molar-refractivity contribution in [2.45, 2.75) is 27.7 Å². The number of anilines is 2. The maximum atomic E-state index is 13.2. The van der Waals surface area contributed by atoms with E-state index >= 15 is 0 Å². The third kappa shape index (κ3) is 6.16. The normalized spacial score (nSPS) is 14.3. The van der Waals surface area contributed by atoms with Crippen LogP contribution in [-0.4, -0.2) is 37.0 Å². The average molecular weight is 562 g/mol. The van der Waals surface area contributed by atoms with E-state index in [9.17, 15) is 19.2 Å². The van der Waals surface area contributed by atoms with Crippen molar-refractivity contribution in [2.75, 3.05) is 23.4 Å². The lowest BCUT2D eigenvalue weighted by Gasteiger charge is -2.26. The fourth-order valence-electron chi connectivity index (χ4n) is 4.00. The molecule has 10 heteroatoms. The number of urea groups is 1. The van der Waals surface area contributed by atoms with Gasteiger partial charge in [-0.05, 0) is 86.4 Å². The average Bonchev–Trinajstić information content (AvgIpc) is 2.91. The Balaban J connectivity index is 1.54.